The maximum atomic E-state index is 5.66. The molecule has 102 valence electrons. The predicted molar refractivity (Wildman–Crippen MR) is 77.2 cm³/mol. The van der Waals surface area contributed by atoms with Gasteiger partial charge in [0, 0.05) is 57.0 Å². The third-order valence-corrected chi connectivity index (χ3v) is 4.19. The maximum absolute atomic E-state index is 5.66. The lowest BCUT2D eigenvalue weighted by Gasteiger charge is -2.34. The Bertz CT molecular complexity index is 540. The minimum absolute atomic E-state index is 0.656. The number of thiazole rings is 1. The molecule has 2 aromatic heterocycles. The standard InChI is InChI=1S/C12H18N6S/c1-16-8-10(6-15-16)18-4-2-17(3-5-18)9-11-7-14-12(13)19-11/h6-8H,2-5,9H2,1H3,(H2,13,14). The molecule has 1 saturated heterocycles. The summed E-state index contributed by atoms with van der Waals surface area (Å²) < 4.78 is 1.85. The SMILES string of the molecule is Cn1cc(N2CCN(Cc3cnc(N)s3)CC2)cn1. The monoisotopic (exact) mass is 278 g/mol. The van der Waals surface area contributed by atoms with Crippen molar-refractivity contribution in [2.75, 3.05) is 36.8 Å². The molecule has 2 N–H and O–H groups in total. The Morgan fingerprint density at radius 1 is 1.26 bits per heavy atom. The van der Waals surface area contributed by atoms with Gasteiger partial charge in [-0.1, -0.05) is 0 Å². The van der Waals surface area contributed by atoms with Crippen LogP contribution < -0.4 is 10.6 Å². The highest BCUT2D eigenvalue weighted by molar-refractivity contribution is 7.15. The summed E-state index contributed by atoms with van der Waals surface area (Å²) in [5.41, 5.74) is 6.87. The van der Waals surface area contributed by atoms with Crippen LogP contribution in [-0.2, 0) is 13.6 Å². The van der Waals surface area contributed by atoms with E-state index in [1.165, 1.54) is 10.6 Å². The third kappa shape index (κ3) is 2.87. The van der Waals surface area contributed by atoms with E-state index in [2.05, 4.69) is 26.1 Å². The first-order chi connectivity index (χ1) is 9.20. The zero-order chi connectivity index (χ0) is 13.2. The summed E-state index contributed by atoms with van der Waals surface area (Å²) >= 11 is 1.58. The smallest absolute Gasteiger partial charge is 0.180 e. The second kappa shape index (κ2) is 5.18. The Balaban J connectivity index is 1.54. The van der Waals surface area contributed by atoms with Gasteiger partial charge in [-0.2, -0.15) is 5.10 Å². The van der Waals surface area contributed by atoms with E-state index in [1.54, 1.807) is 11.3 Å². The number of nitrogens with two attached hydrogens (primary N) is 1. The Morgan fingerprint density at radius 3 is 2.63 bits per heavy atom. The number of rotatable bonds is 3. The van der Waals surface area contributed by atoms with Gasteiger partial charge in [-0.05, 0) is 0 Å². The van der Waals surface area contributed by atoms with Crippen LogP contribution in [-0.4, -0.2) is 45.8 Å². The molecule has 1 fully saturated rings. The van der Waals surface area contributed by atoms with E-state index < -0.39 is 0 Å². The van der Waals surface area contributed by atoms with Gasteiger partial charge < -0.3 is 10.6 Å². The molecule has 0 atom stereocenters. The van der Waals surface area contributed by atoms with Gasteiger partial charge in [-0.3, -0.25) is 9.58 Å². The van der Waals surface area contributed by atoms with Crippen molar-refractivity contribution in [3.05, 3.63) is 23.5 Å². The van der Waals surface area contributed by atoms with Crippen LogP contribution in [0.4, 0.5) is 10.8 Å². The van der Waals surface area contributed by atoms with Crippen LogP contribution in [0, 0.1) is 0 Å². The molecule has 0 aliphatic carbocycles. The van der Waals surface area contributed by atoms with Crippen molar-refractivity contribution in [3.63, 3.8) is 0 Å². The van der Waals surface area contributed by atoms with Gasteiger partial charge in [-0.25, -0.2) is 4.98 Å². The predicted octanol–water partition coefficient (Wildman–Crippen LogP) is 0.781. The summed E-state index contributed by atoms with van der Waals surface area (Å²) in [6.07, 6.45) is 5.88. The van der Waals surface area contributed by atoms with Gasteiger partial charge in [0.25, 0.3) is 0 Å². The van der Waals surface area contributed by atoms with E-state index in [1.807, 2.05) is 24.1 Å². The number of nitrogen functional groups attached to an aromatic ring is 1. The lowest BCUT2D eigenvalue weighted by molar-refractivity contribution is 0.252. The van der Waals surface area contributed by atoms with E-state index in [-0.39, 0.29) is 0 Å². The number of hydrogen-bond donors (Lipinski definition) is 1. The van der Waals surface area contributed by atoms with Gasteiger partial charge in [0.05, 0.1) is 11.9 Å². The zero-order valence-corrected chi connectivity index (χ0v) is 11.8. The molecule has 6 nitrogen and oxygen atoms in total. The second-order valence-corrected chi connectivity index (χ2v) is 5.95. The molecule has 0 spiro atoms. The van der Waals surface area contributed by atoms with E-state index in [9.17, 15) is 0 Å². The number of piperazine rings is 1. The topological polar surface area (TPSA) is 63.2 Å². The minimum Gasteiger partial charge on any atom is -0.375 e. The highest BCUT2D eigenvalue weighted by Crippen LogP contribution is 2.19. The van der Waals surface area contributed by atoms with Crippen LogP contribution in [0.3, 0.4) is 0 Å². The van der Waals surface area contributed by atoms with Crippen molar-refractivity contribution in [2.45, 2.75) is 6.54 Å². The van der Waals surface area contributed by atoms with Gasteiger partial charge >= 0.3 is 0 Å². The average Bonchev–Trinajstić information content (AvgIpc) is 3.00. The number of hydrogen-bond acceptors (Lipinski definition) is 6. The van der Waals surface area contributed by atoms with Gasteiger partial charge in [0.15, 0.2) is 5.13 Å². The van der Waals surface area contributed by atoms with Crippen molar-refractivity contribution in [1.82, 2.24) is 19.7 Å². The normalized spacial score (nSPS) is 17.0. The molecular weight excluding hydrogens is 260 g/mol. The fraction of sp³-hybridized carbons (Fsp3) is 0.500. The Kier molecular flexibility index (Phi) is 3.39. The molecule has 0 radical (unpaired) electrons. The summed E-state index contributed by atoms with van der Waals surface area (Å²) in [5, 5.41) is 4.88. The highest BCUT2D eigenvalue weighted by Gasteiger charge is 2.18. The Morgan fingerprint density at radius 2 is 2.05 bits per heavy atom. The number of aryl methyl sites for hydroxylation is 1. The maximum Gasteiger partial charge on any atom is 0.180 e. The third-order valence-electron chi connectivity index (χ3n) is 3.38. The molecule has 1 aliphatic heterocycles. The van der Waals surface area contributed by atoms with Crippen molar-refractivity contribution >= 4 is 22.2 Å². The molecule has 7 heteroatoms. The van der Waals surface area contributed by atoms with Crippen molar-refractivity contribution in [2.24, 2.45) is 7.05 Å². The molecule has 0 unspecified atom stereocenters. The molecule has 3 rings (SSSR count). The second-order valence-electron chi connectivity index (χ2n) is 4.80. The number of nitrogens with zero attached hydrogens (tertiary/aromatic N) is 5. The minimum atomic E-state index is 0.656. The molecule has 0 amide bonds. The van der Waals surface area contributed by atoms with E-state index >= 15 is 0 Å². The van der Waals surface area contributed by atoms with Crippen LogP contribution in [0.1, 0.15) is 4.88 Å². The van der Waals surface area contributed by atoms with Crippen molar-refractivity contribution < 1.29 is 0 Å². The molecule has 0 saturated carbocycles. The molecule has 19 heavy (non-hydrogen) atoms. The van der Waals surface area contributed by atoms with Gasteiger partial charge in [-0.15, -0.1) is 11.3 Å². The first kappa shape index (κ1) is 12.4. The summed E-state index contributed by atoms with van der Waals surface area (Å²) in [6.45, 7) is 5.16. The molecular formula is C12H18N6S. The van der Waals surface area contributed by atoms with Crippen LogP contribution in [0.25, 0.3) is 0 Å². The van der Waals surface area contributed by atoms with Gasteiger partial charge in [0.2, 0.25) is 0 Å². The molecule has 2 aromatic rings. The summed E-state index contributed by atoms with van der Waals surface area (Å²) in [7, 11) is 1.95. The molecule has 0 bridgehead atoms. The van der Waals surface area contributed by atoms with E-state index in [0.717, 1.165) is 32.7 Å². The molecule has 3 heterocycles. The van der Waals surface area contributed by atoms with Crippen LogP contribution in [0.5, 0.6) is 0 Å². The van der Waals surface area contributed by atoms with E-state index in [4.69, 9.17) is 5.73 Å². The summed E-state index contributed by atoms with van der Waals surface area (Å²) in [4.78, 5) is 10.2. The largest absolute Gasteiger partial charge is 0.375 e. The zero-order valence-electron chi connectivity index (χ0n) is 11.0. The fourth-order valence-corrected chi connectivity index (χ4v) is 3.08. The lowest BCUT2D eigenvalue weighted by Crippen LogP contribution is -2.45. The molecule has 1 aliphatic rings. The number of aromatic nitrogens is 3. The highest BCUT2D eigenvalue weighted by atomic mass is 32.1. The quantitative estimate of drug-likeness (QED) is 0.899. The lowest BCUT2D eigenvalue weighted by atomic mass is 10.3. The average molecular weight is 278 g/mol. The Hall–Kier alpha value is -1.60. The summed E-state index contributed by atoms with van der Waals surface area (Å²) in [5.74, 6) is 0. The number of anilines is 2. The Labute approximate surface area is 116 Å². The van der Waals surface area contributed by atoms with E-state index in [0.29, 0.717) is 5.13 Å². The molecule has 0 aromatic carbocycles. The fourth-order valence-electron chi connectivity index (χ4n) is 2.35. The first-order valence-electron chi connectivity index (χ1n) is 6.37. The van der Waals surface area contributed by atoms with Crippen LogP contribution in [0.2, 0.25) is 0 Å². The first-order valence-corrected chi connectivity index (χ1v) is 7.18. The van der Waals surface area contributed by atoms with Crippen molar-refractivity contribution in [3.8, 4) is 0 Å². The van der Waals surface area contributed by atoms with Crippen molar-refractivity contribution in [1.29, 1.82) is 0 Å². The van der Waals surface area contributed by atoms with Gasteiger partial charge in [0.1, 0.15) is 0 Å². The van der Waals surface area contributed by atoms with Crippen LogP contribution >= 0.6 is 11.3 Å². The summed E-state index contributed by atoms with van der Waals surface area (Å²) in [6, 6.07) is 0. The van der Waals surface area contributed by atoms with Crippen LogP contribution in [0.15, 0.2) is 18.6 Å².